The average molecular weight is 355 g/mol. The molecule has 3 fully saturated rings. The number of hydrogen-bond donors (Lipinski definition) is 0. The van der Waals surface area contributed by atoms with Crippen LogP contribution in [0.4, 0.5) is 0 Å². The number of rotatable bonds is 5. The van der Waals surface area contributed by atoms with Gasteiger partial charge < -0.3 is 9.15 Å². The third-order valence-corrected chi connectivity index (χ3v) is 5.45. The van der Waals surface area contributed by atoms with Crippen molar-refractivity contribution in [3.63, 3.8) is 0 Å². The standard InChI is InChI=1S/C20H25N3O3/c1-25-20-14-26-18(8-19(20)24)13-23-10-15-5-6-17(23)12-22(9-15)11-16-4-2-3-7-21-16/h2-4,7-8,14-15,17H,5-6,9-13H2,1H3/t15-,17+/m0/s1. The Balaban J connectivity index is 1.45. The zero-order valence-corrected chi connectivity index (χ0v) is 15.1. The highest BCUT2D eigenvalue weighted by atomic mass is 16.5. The second-order valence-electron chi connectivity index (χ2n) is 7.32. The van der Waals surface area contributed by atoms with Gasteiger partial charge in [0.05, 0.1) is 19.3 Å². The van der Waals surface area contributed by atoms with E-state index < -0.39 is 0 Å². The summed E-state index contributed by atoms with van der Waals surface area (Å²) in [6.07, 6.45) is 5.75. The van der Waals surface area contributed by atoms with E-state index in [2.05, 4.69) is 20.9 Å². The van der Waals surface area contributed by atoms with Gasteiger partial charge in [0.15, 0.2) is 0 Å². The average Bonchev–Trinajstić information content (AvgIpc) is 2.93. The van der Waals surface area contributed by atoms with E-state index >= 15 is 0 Å². The minimum Gasteiger partial charge on any atom is -0.490 e. The van der Waals surface area contributed by atoms with Gasteiger partial charge in [-0.1, -0.05) is 6.07 Å². The fourth-order valence-electron chi connectivity index (χ4n) is 4.19. The van der Waals surface area contributed by atoms with Crippen LogP contribution < -0.4 is 10.2 Å². The van der Waals surface area contributed by atoms with Gasteiger partial charge in [-0.05, 0) is 30.9 Å². The first-order chi connectivity index (χ1) is 12.7. The molecule has 2 bridgehead atoms. The minimum atomic E-state index is -0.120. The molecule has 2 atom stereocenters. The fourth-order valence-corrected chi connectivity index (χ4v) is 4.19. The third kappa shape index (κ3) is 3.81. The quantitative estimate of drug-likeness (QED) is 0.819. The van der Waals surface area contributed by atoms with Gasteiger partial charge in [-0.25, -0.2) is 0 Å². The molecule has 5 heterocycles. The lowest BCUT2D eigenvalue weighted by Gasteiger charge is -2.35. The number of ether oxygens (including phenoxy) is 1. The van der Waals surface area contributed by atoms with E-state index in [0.29, 0.717) is 24.3 Å². The predicted molar refractivity (Wildman–Crippen MR) is 98.0 cm³/mol. The SMILES string of the molecule is COc1coc(CN2C[C@H]3CC[C@@H]2CN(Cc2ccccn2)C3)cc1=O. The molecule has 26 heavy (non-hydrogen) atoms. The van der Waals surface area contributed by atoms with E-state index in [1.807, 2.05) is 18.3 Å². The molecule has 0 N–H and O–H groups in total. The van der Waals surface area contributed by atoms with Gasteiger partial charge >= 0.3 is 0 Å². The molecule has 5 rings (SSSR count). The summed E-state index contributed by atoms with van der Waals surface area (Å²) >= 11 is 0. The topological polar surface area (TPSA) is 58.8 Å². The van der Waals surface area contributed by atoms with Crippen molar-refractivity contribution < 1.29 is 9.15 Å². The molecule has 0 amide bonds. The maximum Gasteiger partial charge on any atom is 0.227 e. The maximum absolute atomic E-state index is 12.0. The van der Waals surface area contributed by atoms with Crippen LogP contribution in [0.1, 0.15) is 24.3 Å². The number of methoxy groups -OCH3 is 1. The lowest BCUT2D eigenvalue weighted by Crippen LogP contribution is -2.43. The van der Waals surface area contributed by atoms with Crippen molar-refractivity contribution in [1.29, 1.82) is 0 Å². The molecule has 2 aromatic heterocycles. The van der Waals surface area contributed by atoms with Crippen LogP contribution in [0.25, 0.3) is 0 Å². The summed E-state index contributed by atoms with van der Waals surface area (Å²) in [5.74, 6) is 1.62. The number of pyridine rings is 1. The van der Waals surface area contributed by atoms with Crippen molar-refractivity contribution >= 4 is 0 Å². The molecule has 3 aliphatic heterocycles. The van der Waals surface area contributed by atoms with Crippen LogP contribution in [-0.2, 0) is 13.1 Å². The molecule has 0 saturated carbocycles. The summed E-state index contributed by atoms with van der Waals surface area (Å²) in [4.78, 5) is 21.4. The van der Waals surface area contributed by atoms with Gasteiger partial charge in [-0.15, -0.1) is 0 Å². The van der Waals surface area contributed by atoms with Crippen LogP contribution in [0.5, 0.6) is 5.75 Å². The van der Waals surface area contributed by atoms with Crippen LogP contribution in [0.15, 0.2) is 45.9 Å². The van der Waals surface area contributed by atoms with E-state index in [4.69, 9.17) is 9.15 Å². The van der Waals surface area contributed by atoms with Crippen LogP contribution in [0.2, 0.25) is 0 Å². The molecule has 3 aliphatic rings. The Bertz CT molecular complexity index is 792. The molecule has 0 spiro atoms. The zero-order chi connectivity index (χ0) is 17.9. The van der Waals surface area contributed by atoms with Gasteiger partial charge in [0.2, 0.25) is 11.2 Å². The van der Waals surface area contributed by atoms with Crippen LogP contribution in [0.3, 0.4) is 0 Å². The van der Waals surface area contributed by atoms with Crippen molar-refractivity contribution in [2.45, 2.75) is 32.0 Å². The monoisotopic (exact) mass is 355 g/mol. The Morgan fingerprint density at radius 3 is 2.92 bits per heavy atom. The highest BCUT2D eigenvalue weighted by molar-refractivity contribution is 5.17. The van der Waals surface area contributed by atoms with E-state index in [1.165, 1.54) is 26.2 Å². The van der Waals surface area contributed by atoms with E-state index in [1.54, 1.807) is 6.07 Å². The Morgan fingerprint density at radius 1 is 1.23 bits per heavy atom. The van der Waals surface area contributed by atoms with Crippen molar-refractivity contribution in [3.05, 3.63) is 58.4 Å². The Kier molecular flexibility index (Phi) is 5.04. The van der Waals surface area contributed by atoms with Gasteiger partial charge in [0, 0.05) is 44.5 Å². The molecule has 6 heteroatoms. The first-order valence-electron chi connectivity index (χ1n) is 9.23. The fraction of sp³-hybridized carbons (Fsp3) is 0.500. The number of piperidine rings is 1. The zero-order valence-electron chi connectivity index (χ0n) is 15.1. The molecule has 2 aromatic rings. The number of nitrogens with zero attached hydrogens (tertiary/aromatic N) is 3. The number of aromatic nitrogens is 1. The molecule has 0 aromatic carbocycles. The number of hydrogen-bond acceptors (Lipinski definition) is 6. The molecular weight excluding hydrogens is 330 g/mol. The second-order valence-corrected chi connectivity index (χ2v) is 7.32. The van der Waals surface area contributed by atoms with Crippen LogP contribution >= 0.6 is 0 Å². The lowest BCUT2D eigenvalue weighted by atomic mass is 9.95. The molecule has 0 unspecified atom stereocenters. The third-order valence-electron chi connectivity index (χ3n) is 5.45. The van der Waals surface area contributed by atoms with E-state index in [0.717, 1.165) is 31.9 Å². The smallest absolute Gasteiger partial charge is 0.227 e. The molecule has 0 aliphatic carbocycles. The first-order valence-corrected chi connectivity index (χ1v) is 9.23. The Hall–Kier alpha value is -2.18. The minimum absolute atomic E-state index is 0.120. The summed E-state index contributed by atoms with van der Waals surface area (Å²) in [5.41, 5.74) is 1.01. The Morgan fingerprint density at radius 2 is 2.15 bits per heavy atom. The summed E-state index contributed by atoms with van der Waals surface area (Å²) in [5, 5.41) is 0. The van der Waals surface area contributed by atoms with Crippen molar-refractivity contribution in [1.82, 2.24) is 14.8 Å². The molecular formula is C20H25N3O3. The van der Waals surface area contributed by atoms with E-state index in [-0.39, 0.29) is 11.2 Å². The molecule has 6 nitrogen and oxygen atoms in total. The van der Waals surface area contributed by atoms with Crippen molar-refractivity contribution in [3.8, 4) is 5.75 Å². The summed E-state index contributed by atoms with van der Waals surface area (Å²) in [7, 11) is 1.48. The van der Waals surface area contributed by atoms with Crippen molar-refractivity contribution in [2.75, 3.05) is 26.7 Å². The Labute approximate surface area is 153 Å². The highest BCUT2D eigenvalue weighted by Gasteiger charge is 2.35. The van der Waals surface area contributed by atoms with Gasteiger partial charge in [0.1, 0.15) is 12.0 Å². The van der Waals surface area contributed by atoms with E-state index in [9.17, 15) is 4.79 Å². The van der Waals surface area contributed by atoms with Gasteiger partial charge in [-0.2, -0.15) is 0 Å². The first kappa shape index (κ1) is 17.2. The largest absolute Gasteiger partial charge is 0.490 e. The highest BCUT2D eigenvalue weighted by Crippen LogP contribution is 2.29. The number of fused-ring (bicyclic) bond motifs is 4. The molecule has 3 saturated heterocycles. The molecule has 138 valence electrons. The van der Waals surface area contributed by atoms with Gasteiger partial charge in [0.25, 0.3) is 0 Å². The molecule has 0 radical (unpaired) electrons. The summed E-state index contributed by atoms with van der Waals surface area (Å²) < 4.78 is 10.6. The van der Waals surface area contributed by atoms with Crippen molar-refractivity contribution in [2.24, 2.45) is 5.92 Å². The van der Waals surface area contributed by atoms with Crippen LogP contribution in [-0.4, -0.2) is 47.6 Å². The summed E-state index contributed by atoms with van der Waals surface area (Å²) in [6, 6.07) is 8.15. The second kappa shape index (κ2) is 7.60. The summed E-state index contributed by atoms with van der Waals surface area (Å²) in [6.45, 7) is 4.78. The van der Waals surface area contributed by atoms with Crippen LogP contribution in [0, 0.1) is 5.92 Å². The maximum atomic E-state index is 12.0. The lowest BCUT2D eigenvalue weighted by molar-refractivity contribution is 0.113. The van der Waals surface area contributed by atoms with Gasteiger partial charge in [-0.3, -0.25) is 19.6 Å². The predicted octanol–water partition coefficient (Wildman–Crippen LogP) is 2.14. The normalized spacial score (nSPS) is 23.7.